The lowest BCUT2D eigenvalue weighted by Crippen LogP contribution is -2.07. The maximum Gasteiger partial charge on any atom is 0.233 e. The van der Waals surface area contributed by atoms with Gasteiger partial charge in [0.2, 0.25) is 5.88 Å². The van der Waals surface area contributed by atoms with E-state index in [1.54, 1.807) is 18.2 Å². The summed E-state index contributed by atoms with van der Waals surface area (Å²) >= 11 is 0. The molecule has 0 radical (unpaired) electrons. The number of aromatic nitrogens is 2. The van der Waals surface area contributed by atoms with Gasteiger partial charge in [0, 0.05) is 6.07 Å². The zero-order valence-electron chi connectivity index (χ0n) is 11.8. The second kappa shape index (κ2) is 6.34. The Hall–Kier alpha value is -2.14. The van der Waals surface area contributed by atoms with E-state index in [-0.39, 0.29) is 6.10 Å². The van der Waals surface area contributed by atoms with E-state index in [0.29, 0.717) is 17.1 Å². The summed E-state index contributed by atoms with van der Waals surface area (Å²) in [6, 6.07) is 10.7. The van der Waals surface area contributed by atoms with E-state index >= 15 is 0 Å². The van der Waals surface area contributed by atoms with Crippen molar-refractivity contribution in [3.05, 3.63) is 47.7 Å². The maximum atomic E-state index is 10.3. The second-order valence-corrected chi connectivity index (χ2v) is 4.64. The molecule has 0 saturated heterocycles. The molecule has 106 valence electrons. The van der Waals surface area contributed by atoms with Crippen LogP contribution >= 0.6 is 0 Å². The van der Waals surface area contributed by atoms with Gasteiger partial charge in [0.25, 0.3) is 0 Å². The molecule has 0 spiro atoms. The standard InChI is InChI=1S/C15H18N2O3/c1-10(2)20-12-6-4-5-11(9-12)15(18)13-7-8-14(19-3)17-16-13/h4-10,15,18H,1-3H3. The maximum absolute atomic E-state index is 10.3. The fourth-order valence-electron chi connectivity index (χ4n) is 1.79. The number of aliphatic hydroxyl groups is 1. The van der Waals surface area contributed by atoms with Crippen molar-refractivity contribution in [1.29, 1.82) is 0 Å². The second-order valence-electron chi connectivity index (χ2n) is 4.64. The zero-order valence-corrected chi connectivity index (χ0v) is 11.8. The van der Waals surface area contributed by atoms with Crippen LogP contribution in [0, 0.1) is 0 Å². The lowest BCUT2D eigenvalue weighted by atomic mass is 10.1. The van der Waals surface area contributed by atoms with Gasteiger partial charge >= 0.3 is 0 Å². The third-order valence-electron chi connectivity index (χ3n) is 2.70. The van der Waals surface area contributed by atoms with E-state index in [1.165, 1.54) is 7.11 Å². The molecule has 2 rings (SSSR count). The Morgan fingerprint density at radius 3 is 2.50 bits per heavy atom. The number of hydrogen-bond acceptors (Lipinski definition) is 5. The summed E-state index contributed by atoms with van der Waals surface area (Å²) in [5.74, 6) is 1.14. The largest absolute Gasteiger partial charge is 0.491 e. The van der Waals surface area contributed by atoms with Crippen LogP contribution in [-0.2, 0) is 0 Å². The minimum atomic E-state index is -0.843. The smallest absolute Gasteiger partial charge is 0.233 e. The normalized spacial score (nSPS) is 12.2. The van der Waals surface area contributed by atoms with Crippen LogP contribution in [0.4, 0.5) is 0 Å². The van der Waals surface area contributed by atoms with Crippen molar-refractivity contribution in [3.63, 3.8) is 0 Å². The molecular formula is C15H18N2O3. The van der Waals surface area contributed by atoms with Crippen LogP contribution in [0.5, 0.6) is 11.6 Å². The predicted molar refractivity (Wildman–Crippen MR) is 74.9 cm³/mol. The van der Waals surface area contributed by atoms with Crippen LogP contribution in [0.15, 0.2) is 36.4 Å². The van der Waals surface area contributed by atoms with Gasteiger partial charge in [-0.05, 0) is 37.6 Å². The molecule has 0 aliphatic heterocycles. The average molecular weight is 274 g/mol. The summed E-state index contributed by atoms with van der Waals surface area (Å²) in [6.45, 7) is 3.91. The van der Waals surface area contributed by atoms with Gasteiger partial charge in [-0.25, -0.2) is 0 Å². The van der Waals surface area contributed by atoms with Gasteiger partial charge in [-0.2, -0.15) is 0 Å². The number of methoxy groups -OCH3 is 1. The number of nitrogens with zero attached hydrogens (tertiary/aromatic N) is 2. The first-order valence-electron chi connectivity index (χ1n) is 6.42. The van der Waals surface area contributed by atoms with Gasteiger partial charge in [-0.1, -0.05) is 12.1 Å². The molecule has 0 saturated carbocycles. The first-order valence-corrected chi connectivity index (χ1v) is 6.42. The molecular weight excluding hydrogens is 256 g/mol. The Bertz CT molecular complexity index is 555. The Morgan fingerprint density at radius 2 is 1.90 bits per heavy atom. The number of aliphatic hydroxyl groups excluding tert-OH is 1. The predicted octanol–water partition coefficient (Wildman–Crippen LogP) is 2.35. The summed E-state index contributed by atoms with van der Waals surface area (Å²) in [5, 5.41) is 18.1. The zero-order chi connectivity index (χ0) is 14.5. The lowest BCUT2D eigenvalue weighted by molar-refractivity contribution is 0.210. The van der Waals surface area contributed by atoms with Crippen LogP contribution < -0.4 is 9.47 Å². The van der Waals surface area contributed by atoms with Crippen molar-refractivity contribution in [1.82, 2.24) is 10.2 Å². The van der Waals surface area contributed by atoms with Gasteiger partial charge in [0.05, 0.1) is 18.9 Å². The van der Waals surface area contributed by atoms with Gasteiger partial charge in [0.15, 0.2) is 0 Å². The summed E-state index contributed by atoms with van der Waals surface area (Å²) in [7, 11) is 1.52. The molecule has 1 aromatic carbocycles. The van der Waals surface area contributed by atoms with Crippen molar-refractivity contribution in [2.75, 3.05) is 7.11 Å². The molecule has 1 aromatic heterocycles. The number of hydrogen-bond donors (Lipinski definition) is 1. The van der Waals surface area contributed by atoms with E-state index in [2.05, 4.69) is 10.2 Å². The molecule has 0 bridgehead atoms. The van der Waals surface area contributed by atoms with Crippen molar-refractivity contribution in [2.24, 2.45) is 0 Å². The topological polar surface area (TPSA) is 64.5 Å². The molecule has 0 aliphatic carbocycles. The molecule has 5 nitrogen and oxygen atoms in total. The van der Waals surface area contributed by atoms with Gasteiger partial charge in [-0.3, -0.25) is 0 Å². The third kappa shape index (κ3) is 3.45. The Labute approximate surface area is 118 Å². The molecule has 20 heavy (non-hydrogen) atoms. The number of ether oxygens (including phenoxy) is 2. The van der Waals surface area contributed by atoms with Gasteiger partial charge < -0.3 is 14.6 Å². The highest BCUT2D eigenvalue weighted by atomic mass is 16.5. The van der Waals surface area contributed by atoms with Crippen molar-refractivity contribution in [2.45, 2.75) is 26.1 Å². The highest BCUT2D eigenvalue weighted by Gasteiger charge is 2.13. The van der Waals surface area contributed by atoms with Crippen LogP contribution in [0.1, 0.15) is 31.2 Å². The molecule has 5 heteroatoms. The van der Waals surface area contributed by atoms with Crippen LogP contribution in [0.2, 0.25) is 0 Å². The van der Waals surface area contributed by atoms with E-state index in [1.807, 2.05) is 32.0 Å². The number of rotatable bonds is 5. The molecule has 1 unspecified atom stereocenters. The quantitative estimate of drug-likeness (QED) is 0.906. The Balaban J connectivity index is 2.20. The molecule has 0 amide bonds. The highest BCUT2D eigenvalue weighted by molar-refractivity contribution is 5.33. The fraction of sp³-hybridized carbons (Fsp3) is 0.333. The molecule has 0 fully saturated rings. The van der Waals surface area contributed by atoms with Crippen LogP contribution in [0.25, 0.3) is 0 Å². The summed E-state index contributed by atoms with van der Waals surface area (Å²) in [6.07, 6.45) is -0.757. The first-order chi connectivity index (χ1) is 9.60. The minimum Gasteiger partial charge on any atom is -0.491 e. The van der Waals surface area contributed by atoms with E-state index in [9.17, 15) is 5.11 Å². The number of benzene rings is 1. The summed E-state index contributed by atoms with van der Waals surface area (Å²) in [5.41, 5.74) is 1.18. The molecule has 1 heterocycles. The fourth-order valence-corrected chi connectivity index (χ4v) is 1.79. The van der Waals surface area contributed by atoms with Crippen molar-refractivity contribution in [3.8, 4) is 11.6 Å². The first kappa shape index (κ1) is 14.3. The van der Waals surface area contributed by atoms with Gasteiger partial charge in [0.1, 0.15) is 11.9 Å². The molecule has 2 aromatic rings. The monoisotopic (exact) mass is 274 g/mol. The Morgan fingerprint density at radius 1 is 1.10 bits per heavy atom. The average Bonchev–Trinajstić information content (AvgIpc) is 2.46. The SMILES string of the molecule is COc1ccc(C(O)c2cccc(OC(C)C)c2)nn1. The summed E-state index contributed by atoms with van der Waals surface area (Å²) < 4.78 is 10.6. The highest BCUT2D eigenvalue weighted by Crippen LogP contribution is 2.24. The van der Waals surface area contributed by atoms with Crippen LogP contribution in [0.3, 0.4) is 0 Å². The van der Waals surface area contributed by atoms with Crippen LogP contribution in [-0.4, -0.2) is 28.5 Å². The Kier molecular flexibility index (Phi) is 4.53. The molecule has 0 aliphatic rings. The summed E-state index contributed by atoms with van der Waals surface area (Å²) in [4.78, 5) is 0. The van der Waals surface area contributed by atoms with Crippen molar-refractivity contribution < 1.29 is 14.6 Å². The van der Waals surface area contributed by atoms with Crippen molar-refractivity contribution >= 4 is 0 Å². The van der Waals surface area contributed by atoms with E-state index in [4.69, 9.17) is 9.47 Å². The van der Waals surface area contributed by atoms with Gasteiger partial charge in [-0.15, -0.1) is 10.2 Å². The van der Waals surface area contributed by atoms with E-state index in [0.717, 1.165) is 5.75 Å². The third-order valence-corrected chi connectivity index (χ3v) is 2.70. The lowest BCUT2D eigenvalue weighted by Gasteiger charge is -2.14. The molecule has 1 atom stereocenters. The molecule has 1 N–H and O–H groups in total. The van der Waals surface area contributed by atoms with E-state index < -0.39 is 6.10 Å². The minimum absolute atomic E-state index is 0.0863.